The number of aromatic nitrogens is 2. The van der Waals surface area contributed by atoms with Crippen molar-refractivity contribution in [2.24, 2.45) is 0 Å². The summed E-state index contributed by atoms with van der Waals surface area (Å²) in [5.74, 6) is 1.61. The van der Waals surface area contributed by atoms with Crippen LogP contribution in [0, 0.1) is 6.92 Å². The summed E-state index contributed by atoms with van der Waals surface area (Å²) < 4.78 is 15.9. The fraction of sp³-hybridized carbons (Fsp3) is 0.227. The van der Waals surface area contributed by atoms with Crippen molar-refractivity contribution in [3.63, 3.8) is 0 Å². The van der Waals surface area contributed by atoms with Gasteiger partial charge in [0.25, 0.3) is 5.91 Å². The standard InChI is InChI=1S/C22H23N3O4/c1-5-12-25(22(26)18-11-10-17(27-3)13-19(18)28-4)14-20-23-21(24-29-20)16-8-6-15(2)7-9-16/h5-11,13H,1,12,14H2,2-4H3. The molecule has 150 valence electrons. The second-order valence-corrected chi connectivity index (χ2v) is 6.42. The number of carbonyl (C=O) groups excluding carboxylic acids is 1. The van der Waals surface area contributed by atoms with Crippen LogP contribution in [-0.4, -0.2) is 41.7 Å². The molecule has 3 rings (SSSR count). The van der Waals surface area contributed by atoms with Gasteiger partial charge in [-0.1, -0.05) is 41.1 Å². The molecule has 0 saturated heterocycles. The van der Waals surface area contributed by atoms with Crippen molar-refractivity contribution in [3.05, 3.63) is 72.1 Å². The number of hydrogen-bond acceptors (Lipinski definition) is 6. The van der Waals surface area contributed by atoms with Crippen molar-refractivity contribution in [1.82, 2.24) is 15.0 Å². The zero-order valence-electron chi connectivity index (χ0n) is 16.7. The first-order valence-corrected chi connectivity index (χ1v) is 9.07. The van der Waals surface area contributed by atoms with Gasteiger partial charge in [0.2, 0.25) is 11.7 Å². The van der Waals surface area contributed by atoms with Gasteiger partial charge in [-0.2, -0.15) is 4.98 Å². The fourth-order valence-corrected chi connectivity index (χ4v) is 2.82. The second kappa shape index (κ2) is 9.05. The lowest BCUT2D eigenvalue weighted by Gasteiger charge is -2.20. The fourth-order valence-electron chi connectivity index (χ4n) is 2.82. The average molecular weight is 393 g/mol. The molecule has 7 nitrogen and oxygen atoms in total. The van der Waals surface area contributed by atoms with Gasteiger partial charge < -0.3 is 18.9 Å². The molecule has 0 aliphatic heterocycles. The summed E-state index contributed by atoms with van der Waals surface area (Å²) in [5, 5.41) is 4.03. The molecule has 0 spiro atoms. The van der Waals surface area contributed by atoms with Gasteiger partial charge >= 0.3 is 0 Å². The first-order valence-electron chi connectivity index (χ1n) is 9.07. The molecule has 0 radical (unpaired) electrons. The maximum absolute atomic E-state index is 13.1. The normalized spacial score (nSPS) is 10.4. The van der Waals surface area contributed by atoms with E-state index in [1.165, 1.54) is 7.11 Å². The molecule has 1 aromatic heterocycles. The third-order valence-corrected chi connectivity index (χ3v) is 4.38. The van der Waals surface area contributed by atoms with Crippen molar-refractivity contribution >= 4 is 5.91 Å². The number of aryl methyl sites for hydroxylation is 1. The third kappa shape index (κ3) is 4.63. The van der Waals surface area contributed by atoms with E-state index in [-0.39, 0.29) is 12.5 Å². The lowest BCUT2D eigenvalue weighted by molar-refractivity contribution is 0.0742. The Bertz CT molecular complexity index is 996. The van der Waals surface area contributed by atoms with Crippen LogP contribution in [0.3, 0.4) is 0 Å². The van der Waals surface area contributed by atoms with E-state index in [2.05, 4.69) is 16.7 Å². The highest BCUT2D eigenvalue weighted by atomic mass is 16.5. The van der Waals surface area contributed by atoms with E-state index >= 15 is 0 Å². The molecule has 0 unspecified atom stereocenters. The van der Waals surface area contributed by atoms with Gasteiger partial charge in [-0.3, -0.25) is 4.79 Å². The predicted molar refractivity (Wildman–Crippen MR) is 109 cm³/mol. The Kier molecular flexibility index (Phi) is 6.29. The quantitative estimate of drug-likeness (QED) is 0.540. The van der Waals surface area contributed by atoms with Crippen LogP contribution in [0.4, 0.5) is 0 Å². The summed E-state index contributed by atoms with van der Waals surface area (Å²) in [4.78, 5) is 19.1. The van der Waals surface area contributed by atoms with Gasteiger partial charge in [0.15, 0.2) is 0 Å². The van der Waals surface area contributed by atoms with Crippen molar-refractivity contribution in [2.75, 3.05) is 20.8 Å². The molecule has 0 aliphatic rings. The molecule has 0 bridgehead atoms. The van der Waals surface area contributed by atoms with Crippen LogP contribution in [0.2, 0.25) is 0 Å². The first kappa shape index (κ1) is 20.1. The maximum Gasteiger partial charge on any atom is 0.258 e. The highest BCUT2D eigenvalue weighted by molar-refractivity contribution is 5.97. The van der Waals surface area contributed by atoms with Crippen LogP contribution < -0.4 is 9.47 Å². The predicted octanol–water partition coefficient (Wildman–Crippen LogP) is 3.89. The van der Waals surface area contributed by atoms with Gasteiger partial charge in [0.1, 0.15) is 18.0 Å². The van der Waals surface area contributed by atoms with Crippen LogP contribution in [-0.2, 0) is 6.54 Å². The minimum atomic E-state index is -0.237. The van der Waals surface area contributed by atoms with E-state index in [1.807, 2.05) is 31.2 Å². The van der Waals surface area contributed by atoms with E-state index in [0.29, 0.717) is 35.3 Å². The molecular formula is C22H23N3O4. The lowest BCUT2D eigenvalue weighted by Crippen LogP contribution is -2.31. The summed E-state index contributed by atoms with van der Waals surface area (Å²) in [5.41, 5.74) is 2.41. The number of ether oxygens (including phenoxy) is 2. The SMILES string of the molecule is C=CCN(Cc1nc(-c2ccc(C)cc2)no1)C(=O)c1ccc(OC)cc1OC. The van der Waals surface area contributed by atoms with Crippen molar-refractivity contribution < 1.29 is 18.8 Å². The van der Waals surface area contributed by atoms with Gasteiger partial charge in [0, 0.05) is 18.2 Å². The molecule has 29 heavy (non-hydrogen) atoms. The largest absolute Gasteiger partial charge is 0.497 e. The van der Waals surface area contributed by atoms with E-state index in [0.717, 1.165) is 11.1 Å². The number of methoxy groups -OCH3 is 2. The second-order valence-electron chi connectivity index (χ2n) is 6.42. The smallest absolute Gasteiger partial charge is 0.258 e. The van der Waals surface area contributed by atoms with E-state index in [1.54, 1.807) is 36.3 Å². The van der Waals surface area contributed by atoms with E-state index < -0.39 is 0 Å². The highest BCUT2D eigenvalue weighted by Gasteiger charge is 2.22. The van der Waals surface area contributed by atoms with Crippen LogP contribution in [0.5, 0.6) is 11.5 Å². The molecule has 0 aliphatic carbocycles. The minimum absolute atomic E-state index is 0.152. The number of benzene rings is 2. The number of amides is 1. The Labute approximate surface area is 169 Å². The van der Waals surface area contributed by atoms with Crippen molar-refractivity contribution in [3.8, 4) is 22.9 Å². The molecule has 2 aromatic carbocycles. The van der Waals surface area contributed by atoms with Crippen LogP contribution in [0.1, 0.15) is 21.8 Å². The molecule has 0 atom stereocenters. The molecule has 7 heteroatoms. The zero-order chi connectivity index (χ0) is 20.8. The molecule has 0 fully saturated rings. The summed E-state index contributed by atoms with van der Waals surface area (Å²) in [6, 6.07) is 12.9. The Morgan fingerprint density at radius 2 is 1.93 bits per heavy atom. The van der Waals surface area contributed by atoms with Crippen molar-refractivity contribution in [2.45, 2.75) is 13.5 Å². The Hall–Kier alpha value is -3.61. The minimum Gasteiger partial charge on any atom is -0.497 e. The number of carbonyl (C=O) groups is 1. The first-order chi connectivity index (χ1) is 14.0. The van der Waals surface area contributed by atoms with Crippen LogP contribution in [0.15, 0.2) is 59.6 Å². The molecule has 0 saturated carbocycles. The number of nitrogens with zero attached hydrogens (tertiary/aromatic N) is 3. The zero-order valence-corrected chi connectivity index (χ0v) is 16.7. The molecule has 1 amide bonds. The van der Waals surface area contributed by atoms with E-state index in [9.17, 15) is 4.79 Å². The monoisotopic (exact) mass is 393 g/mol. The van der Waals surface area contributed by atoms with Gasteiger partial charge in [0.05, 0.1) is 19.8 Å². The Balaban J connectivity index is 1.83. The topological polar surface area (TPSA) is 77.7 Å². The highest BCUT2D eigenvalue weighted by Crippen LogP contribution is 2.26. The van der Waals surface area contributed by atoms with Crippen LogP contribution in [0.25, 0.3) is 11.4 Å². The molecule has 0 N–H and O–H groups in total. The van der Waals surface area contributed by atoms with Gasteiger partial charge in [-0.15, -0.1) is 6.58 Å². The summed E-state index contributed by atoms with van der Waals surface area (Å²) in [6.45, 7) is 6.22. The van der Waals surface area contributed by atoms with E-state index in [4.69, 9.17) is 14.0 Å². The number of rotatable bonds is 8. The van der Waals surface area contributed by atoms with Crippen LogP contribution >= 0.6 is 0 Å². The Morgan fingerprint density at radius 3 is 2.59 bits per heavy atom. The number of hydrogen-bond donors (Lipinski definition) is 0. The van der Waals surface area contributed by atoms with Gasteiger partial charge in [-0.25, -0.2) is 0 Å². The maximum atomic E-state index is 13.1. The molecule has 1 heterocycles. The summed E-state index contributed by atoms with van der Waals surface area (Å²) in [7, 11) is 3.07. The summed E-state index contributed by atoms with van der Waals surface area (Å²) in [6.07, 6.45) is 1.64. The average Bonchev–Trinajstić information content (AvgIpc) is 3.21. The molecule has 3 aromatic rings. The van der Waals surface area contributed by atoms with Crippen molar-refractivity contribution in [1.29, 1.82) is 0 Å². The Morgan fingerprint density at radius 1 is 1.17 bits per heavy atom. The summed E-state index contributed by atoms with van der Waals surface area (Å²) >= 11 is 0. The van der Waals surface area contributed by atoms with Gasteiger partial charge in [-0.05, 0) is 19.1 Å². The molecular weight excluding hydrogens is 370 g/mol. The lowest BCUT2D eigenvalue weighted by atomic mass is 10.1. The third-order valence-electron chi connectivity index (χ3n) is 4.38.